The zero-order valence-corrected chi connectivity index (χ0v) is 23.5. The second kappa shape index (κ2) is 15.6. The smallest absolute Gasteiger partial charge is 0.187 e. The van der Waals surface area contributed by atoms with Gasteiger partial charge in [0.15, 0.2) is 25.2 Å². The van der Waals surface area contributed by atoms with Gasteiger partial charge in [-0.25, -0.2) is 0 Å². The number of rotatable bonds is 10. The third-order valence-corrected chi connectivity index (χ3v) is 8.19. The van der Waals surface area contributed by atoms with Crippen LogP contribution in [0.5, 0.6) is 0 Å². The fourth-order valence-corrected chi connectivity index (χ4v) is 5.39. The second-order valence-electron chi connectivity index (χ2n) is 11.2. The van der Waals surface area contributed by atoms with Gasteiger partial charge in [-0.2, -0.15) is 0 Å². The molecular formula is C24H42O21. The molecule has 0 radical (unpaired) electrons. The van der Waals surface area contributed by atoms with Crippen LogP contribution in [0.3, 0.4) is 0 Å². The molecule has 0 aromatic rings. The molecule has 21 heteroatoms. The van der Waals surface area contributed by atoms with Gasteiger partial charge in [0.05, 0.1) is 26.4 Å². The number of aliphatic hydroxyl groups is 14. The standard InChI is InChI=1S/C24H42O21/c25-1-5-9(28)14(33)18(37)22(41-5)44-20-16(35)11(30)7(3-27)43-24(20)45-19-15(34)10(29)6(2-26)42-23(19)39-4-8-12(31)13(32)17(36)21(38)40-8/h5-38H,1-4H2/t5-,6-,7-,8-,9-,10-,11-,12-,13+,14+,15+,16+,17+,18+,19+,20+,21+,22-,23+,24-/m1/s1. The molecule has 14 N–H and O–H groups in total. The Balaban J connectivity index is 1.56. The molecular weight excluding hydrogens is 624 g/mol. The summed E-state index contributed by atoms with van der Waals surface area (Å²) >= 11 is 0. The molecule has 20 atom stereocenters. The van der Waals surface area contributed by atoms with E-state index >= 15 is 0 Å². The van der Waals surface area contributed by atoms with E-state index in [1.807, 2.05) is 0 Å². The number of hydrogen-bond acceptors (Lipinski definition) is 21. The summed E-state index contributed by atoms with van der Waals surface area (Å²) < 4.78 is 38.3. The molecule has 4 aliphatic rings. The minimum absolute atomic E-state index is 0.704. The molecule has 4 saturated heterocycles. The maximum Gasteiger partial charge on any atom is 0.187 e. The summed E-state index contributed by atoms with van der Waals surface area (Å²) in [6.45, 7) is -3.25. The largest absolute Gasteiger partial charge is 0.394 e. The molecule has 0 spiro atoms. The molecule has 4 heterocycles. The van der Waals surface area contributed by atoms with E-state index in [4.69, 9.17) is 33.2 Å². The van der Waals surface area contributed by atoms with Crippen molar-refractivity contribution in [3.05, 3.63) is 0 Å². The van der Waals surface area contributed by atoms with E-state index < -0.39 is 149 Å². The van der Waals surface area contributed by atoms with Gasteiger partial charge in [-0.05, 0) is 0 Å². The monoisotopic (exact) mass is 666 g/mol. The first-order valence-corrected chi connectivity index (χ1v) is 14.1. The Labute approximate surface area is 254 Å². The Morgan fingerprint density at radius 3 is 1.31 bits per heavy atom. The maximum atomic E-state index is 10.9. The van der Waals surface area contributed by atoms with Crippen LogP contribution in [-0.2, 0) is 33.2 Å². The maximum absolute atomic E-state index is 10.9. The normalized spacial score (nSPS) is 52.9. The van der Waals surface area contributed by atoms with Crippen molar-refractivity contribution in [1.82, 2.24) is 0 Å². The van der Waals surface area contributed by atoms with Crippen LogP contribution >= 0.6 is 0 Å². The second-order valence-corrected chi connectivity index (χ2v) is 11.2. The van der Waals surface area contributed by atoms with Gasteiger partial charge in [0.2, 0.25) is 0 Å². The third kappa shape index (κ3) is 7.59. The first kappa shape index (κ1) is 37.0. The van der Waals surface area contributed by atoms with Crippen molar-refractivity contribution in [3.8, 4) is 0 Å². The summed E-state index contributed by atoms with van der Waals surface area (Å²) in [6.07, 6.45) is -35.8. The minimum Gasteiger partial charge on any atom is -0.394 e. The number of hydrogen-bond donors (Lipinski definition) is 14. The summed E-state index contributed by atoms with van der Waals surface area (Å²) in [5.41, 5.74) is 0. The summed E-state index contributed by atoms with van der Waals surface area (Å²) in [6, 6.07) is 0. The molecule has 4 aliphatic heterocycles. The lowest BCUT2D eigenvalue weighted by Gasteiger charge is -2.48. The van der Waals surface area contributed by atoms with Crippen LogP contribution in [0, 0.1) is 0 Å². The fraction of sp³-hybridized carbons (Fsp3) is 1.00. The SMILES string of the molecule is OC[C@H]1O[C@H](O[C@@H]2[C@@H](O[C@@H]3[C@@H](OC[C@H]4O[C@H](O)[C@@H](O)[C@@H](O)[C@@H]4O)O[C@H](CO)[C@@H](O)[C@@H]3O)O[C@H](CO)[C@@H](O)[C@@H]2O)[C@@H](O)[C@@H](O)[C@@H]1O. The quantitative estimate of drug-likeness (QED) is 0.103. The van der Waals surface area contributed by atoms with Crippen LogP contribution in [0.2, 0.25) is 0 Å². The number of ether oxygens (including phenoxy) is 7. The molecule has 21 nitrogen and oxygen atoms in total. The van der Waals surface area contributed by atoms with Crippen LogP contribution in [0.15, 0.2) is 0 Å². The van der Waals surface area contributed by atoms with Gasteiger partial charge < -0.3 is 105 Å². The molecule has 0 saturated carbocycles. The lowest BCUT2D eigenvalue weighted by molar-refractivity contribution is -0.395. The third-order valence-electron chi connectivity index (χ3n) is 8.19. The van der Waals surface area contributed by atoms with E-state index in [1.54, 1.807) is 0 Å². The Hall–Kier alpha value is -0.840. The molecule has 45 heavy (non-hydrogen) atoms. The van der Waals surface area contributed by atoms with Crippen molar-refractivity contribution in [2.75, 3.05) is 26.4 Å². The summed E-state index contributed by atoms with van der Waals surface area (Å²) in [7, 11) is 0. The summed E-state index contributed by atoms with van der Waals surface area (Å²) in [4.78, 5) is 0. The van der Waals surface area contributed by atoms with Gasteiger partial charge in [0.1, 0.15) is 97.7 Å². The minimum atomic E-state index is -1.98. The van der Waals surface area contributed by atoms with Crippen LogP contribution < -0.4 is 0 Å². The molecule has 4 fully saturated rings. The fourth-order valence-electron chi connectivity index (χ4n) is 5.39. The molecule has 0 aliphatic carbocycles. The molecule has 264 valence electrons. The van der Waals surface area contributed by atoms with Crippen molar-refractivity contribution in [1.29, 1.82) is 0 Å². The molecule has 0 bridgehead atoms. The zero-order chi connectivity index (χ0) is 33.3. The van der Waals surface area contributed by atoms with Crippen LogP contribution in [0.25, 0.3) is 0 Å². The van der Waals surface area contributed by atoms with Crippen LogP contribution in [0.1, 0.15) is 0 Å². The highest BCUT2D eigenvalue weighted by Crippen LogP contribution is 2.33. The molecule has 0 amide bonds. The van der Waals surface area contributed by atoms with E-state index in [-0.39, 0.29) is 0 Å². The Morgan fingerprint density at radius 2 is 0.778 bits per heavy atom. The van der Waals surface area contributed by atoms with Gasteiger partial charge in [-0.3, -0.25) is 0 Å². The highest BCUT2D eigenvalue weighted by molar-refractivity contribution is 4.96. The van der Waals surface area contributed by atoms with Gasteiger partial charge in [-0.15, -0.1) is 0 Å². The Bertz CT molecular complexity index is 916. The zero-order valence-electron chi connectivity index (χ0n) is 23.5. The average Bonchev–Trinajstić information content (AvgIpc) is 3.03. The van der Waals surface area contributed by atoms with E-state index in [9.17, 15) is 71.5 Å². The summed E-state index contributed by atoms with van der Waals surface area (Å²) in [5, 5.41) is 142. The Morgan fingerprint density at radius 1 is 0.378 bits per heavy atom. The van der Waals surface area contributed by atoms with Gasteiger partial charge in [0.25, 0.3) is 0 Å². The number of aliphatic hydroxyl groups excluding tert-OH is 14. The van der Waals surface area contributed by atoms with E-state index in [1.165, 1.54) is 0 Å². The first-order valence-electron chi connectivity index (χ1n) is 14.1. The molecule has 0 aromatic heterocycles. The average molecular weight is 667 g/mol. The first-order chi connectivity index (χ1) is 21.2. The van der Waals surface area contributed by atoms with E-state index in [0.717, 1.165) is 0 Å². The van der Waals surface area contributed by atoms with Crippen molar-refractivity contribution >= 4 is 0 Å². The van der Waals surface area contributed by atoms with E-state index in [2.05, 4.69) is 0 Å². The molecule has 0 unspecified atom stereocenters. The van der Waals surface area contributed by atoms with Crippen molar-refractivity contribution < 1.29 is 105 Å². The highest BCUT2D eigenvalue weighted by Gasteiger charge is 2.54. The van der Waals surface area contributed by atoms with Crippen molar-refractivity contribution in [2.24, 2.45) is 0 Å². The molecule has 4 rings (SSSR count). The predicted molar refractivity (Wildman–Crippen MR) is 134 cm³/mol. The Kier molecular flexibility index (Phi) is 12.8. The molecule has 0 aromatic carbocycles. The van der Waals surface area contributed by atoms with Crippen LogP contribution in [0.4, 0.5) is 0 Å². The van der Waals surface area contributed by atoms with Gasteiger partial charge in [0, 0.05) is 0 Å². The lowest BCUT2D eigenvalue weighted by Crippen LogP contribution is -2.67. The van der Waals surface area contributed by atoms with Crippen LogP contribution in [-0.4, -0.2) is 221 Å². The summed E-state index contributed by atoms with van der Waals surface area (Å²) in [5.74, 6) is 0. The van der Waals surface area contributed by atoms with Crippen molar-refractivity contribution in [2.45, 2.75) is 123 Å². The highest BCUT2D eigenvalue weighted by atomic mass is 16.8. The predicted octanol–water partition coefficient (Wildman–Crippen LogP) is -9.75. The van der Waals surface area contributed by atoms with E-state index in [0.29, 0.717) is 0 Å². The van der Waals surface area contributed by atoms with Gasteiger partial charge in [-0.1, -0.05) is 0 Å². The topological polar surface area (TPSA) is 348 Å². The van der Waals surface area contributed by atoms with Crippen molar-refractivity contribution in [3.63, 3.8) is 0 Å². The lowest BCUT2D eigenvalue weighted by atomic mass is 9.96. The van der Waals surface area contributed by atoms with Gasteiger partial charge >= 0.3 is 0 Å².